The Morgan fingerprint density at radius 3 is 2.15 bits per heavy atom. The van der Waals surface area contributed by atoms with Crippen LogP contribution in [0.5, 0.6) is 5.75 Å². The number of halogens is 1. The minimum Gasteiger partial charge on any atom is -0.380 e. The van der Waals surface area contributed by atoms with E-state index < -0.39 is 31.2 Å². The van der Waals surface area contributed by atoms with Gasteiger partial charge in [0.25, 0.3) is 0 Å². The lowest BCUT2D eigenvalue weighted by molar-refractivity contribution is 0.495. The normalized spacial score (nSPS) is 12.3. The maximum atomic E-state index is 13.6. The van der Waals surface area contributed by atoms with Crippen molar-refractivity contribution in [3.05, 3.63) is 72.0 Å². The number of imidazole rings is 2. The zero-order valence-corrected chi connectivity index (χ0v) is 23.6. The lowest BCUT2D eigenvalue weighted by Gasteiger charge is -2.12. The number of aromatic nitrogens is 4. The molecule has 0 spiro atoms. The molecule has 0 saturated carbocycles. The summed E-state index contributed by atoms with van der Waals surface area (Å²) in [5.41, 5.74) is 9.71. The number of rotatable bonds is 7. The standard InChI is InChI=1S/C27H26FN5O5S2/c1-15(2)40(36,37)33-21-13-19(14-22(38-39(4,34)35)25(21)32-27(33)29)24-23(17-7-5-16(3)6-8-17)30-26(31-24)18-9-11-20(28)12-10-18/h5-15H,1-4H3,(H2,29,32)(H,30,31). The summed E-state index contributed by atoms with van der Waals surface area (Å²) >= 11 is 0. The first-order valence-corrected chi connectivity index (χ1v) is 15.5. The van der Waals surface area contributed by atoms with Crippen LogP contribution in [-0.4, -0.2) is 47.3 Å². The lowest BCUT2D eigenvalue weighted by atomic mass is 10.0. The molecule has 0 radical (unpaired) electrons. The number of benzene rings is 3. The fourth-order valence-corrected chi connectivity index (χ4v) is 5.83. The molecular weight excluding hydrogens is 557 g/mol. The second kappa shape index (κ2) is 9.75. The summed E-state index contributed by atoms with van der Waals surface area (Å²) in [6.45, 7) is 4.94. The minimum absolute atomic E-state index is 0.0311. The molecular formula is C27H26FN5O5S2. The van der Waals surface area contributed by atoms with Gasteiger partial charge < -0.3 is 14.9 Å². The zero-order valence-electron chi connectivity index (χ0n) is 22.0. The van der Waals surface area contributed by atoms with Gasteiger partial charge in [-0.05, 0) is 57.2 Å². The molecule has 10 nitrogen and oxygen atoms in total. The van der Waals surface area contributed by atoms with Gasteiger partial charge in [-0.3, -0.25) is 0 Å². The van der Waals surface area contributed by atoms with Gasteiger partial charge in [-0.2, -0.15) is 8.42 Å². The number of nitrogens with one attached hydrogen (secondary N) is 1. The van der Waals surface area contributed by atoms with Crippen LogP contribution in [0.3, 0.4) is 0 Å². The van der Waals surface area contributed by atoms with Crippen molar-refractivity contribution in [2.45, 2.75) is 26.0 Å². The van der Waals surface area contributed by atoms with Gasteiger partial charge in [0.05, 0.1) is 28.4 Å². The molecule has 0 saturated heterocycles. The van der Waals surface area contributed by atoms with Gasteiger partial charge in [0, 0.05) is 16.7 Å². The van der Waals surface area contributed by atoms with Gasteiger partial charge in [0.15, 0.2) is 5.75 Å². The van der Waals surface area contributed by atoms with Crippen LogP contribution >= 0.6 is 0 Å². The highest BCUT2D eigenvalue weighted by atomic mass is 32.2. The Bertz CT molecular complexity index is 1960. The molecule has 0 aliphatic heterocycles. The largest absolute Gasteiger partial charge is 0.380 e. The third-order valence-electron chi connectivity index (χ3n) is 6.23. The van der Waals surface area contributed by atoms with E-state index in [0.717, 1.165) is 21.4 Å². The van der Waals surface area contributed by atoms with Crippen LogP contribution in [-0.2, 0) is 20.1 Å². The average Bonchev–Trinajstić information content (AvgIpc) is 3.45. The fourth-order valence-electron chi connectivity index (χ4n) is 4.24. The highest BCUT2D eigenvalue weighted by Crippen LogP contribution is 2.39. The summed E-state index contributed by atoms with van der Waals surface area (Å²) in [4.78, 5) is 12.2. The summed E-state index contributed by atoms with van der Waals surface area (Å²) in [6, 6.07) is 16.3. The predicted octanol–water partition coefficient (Wildman–Crippen LogP) is 4.71. The number of nitrogen functional groups attached to an aromatic ring is 1. The molecule has 208 valence electrons. The van der Waals surface area contributed by atoms with Crippen molar-refractivity contribution in [2.75, 3.05) is 12.0 Å². The first-order chi connectivity index (χ1) is 18.7. The Balaban J connectivity index is 1.84. The van der Waals surface area contributed by atoms with Crippen molar-refractivity contribution >= 4 is 37.1 Å². The molecule has 3 N–H and O–H groups in total. The van der Waals surface area contributed by atoms with Gasteiger partial charge >= 0.3 is 10.1 Å². The van der Waals surface area contributed by atoms with Gasteiger partial charge in [-0.15, -0.1) is 0 Å². The third-order valence-corrected chi connectivity index (χ3v) is 8.80. The smallest absolute Gasteiger partial charge is 0.306 e. The number of H-pyrrole nitrogens is 1. The summed E-state index contributed by atoms with van der Waals surface area (Å²) in [5, 5.41) is -0.853. The lowest BCUT2D eigenvalue weighted by Crippen LogP contribution is -2.23. The molecule has 5 aromatic rings. The first-order valence-electron chi connectivity index (χ1n) is 12.1. The molecule has 2 heterocycles. The topological polar surface area (TPSA) is 150 Å². The number of anilines is 1. The molecule has 0 fully saturated rings. The Morgan fingerprint density at radius 1 is 0.925 bits per heavy atom. The quantitative estimate of drug-likeness (QED) is 0.262. The highest BCUT2D eigenvalue weighted by molar-refractivity contribution is 7.90. The Morgan fingerprint density at radius 2 is 1.55 bits per heavy atom. The number of aryl methyl sites for hydroxylation is 1. The maximum Gasteiger partial charge on any atom is 0.306 e. The van der Waals surface area contributed by atoms with Crippen molar-refractivity contribution in [1.82, 2.24) is 18.9 Å². The van der Waals surface area contributed by atoms with Crippen molar-refractivity contribution in [3.63, 3.8) is 0 Å². The third kappa shape index (κ3) is 5.05. The molecule has 13 heteroatoms. The molecule has 0 atom stereocenters. The van der Waals surface area contributed by atoms with Crippen LogP contribution in [0.4, 0.5) is 10.3 Å². The molecule has 0 bridgehead atoms. The summed E-state index contributed by atoms with van der Waals surface area (Å²) in [7, 11) is -8.03. The van der Waals surface area contributed by atoms with Crippen LogP contribution in [0.1, 0.15) is 19.4 Å². The molecule has 0 unspecified atom stereocenters. The summed E-state index contributed by atoms with van der Waals surface area (Å²) in [6.07, 6.45) is 0.871. The van der Waals surface area contributed by atoms with E-state index >= 15 is 0 Å². The van der Waals surface area contributed by atoms with E-state index in [9.17, 15) is 21.2 Å². The van der Waals surface area contributed by atoms with E-state index in [4.69, 9.17) is 14.9 Å². The molecule has 2 aromatic heterocycles. The van der Waals surface area contributed by atoms with Gasteiger partial charge in [0.1, 0.15) is 17.2 Å². The number of nitrogens with two attached hydrogens (primary N) is 1. The van der Waals surface area contributed by atoms with Crippen LogP contribution < -0.4 is 9.92 Å². The molecule has 0 aliphatic rings. The van der Waals surface area contributed by atoms with E-state index in [0.29, 0.717) is 28.3 Å². The van der Waals surface area contributed by atoms with Crippen LogP contribution in [0, 0.1) is 12.7 Å². The van der Waals surface area contributed by atoms with E-state index in [-0.39, 0.29) is 22.7 Å². The van der Waals surface area contributed by atoms with Gasteiger partial charge in [-0.25, -0.2) is 26.7 Å². The molecule has 3 aromatic carbocycles. The monoisotopic (exact) mass is 583 g/mol. The minimum atomic E-state index is -4.04. The van der Waals surface area contributed by atoms with Crippen LogP contribution in [0.15, 0.2) is 60.7 Å². The Kier molecular flexibility index (Phi) is 6.66. The van der Waals surface area contributed by atoms with Crippen LogP contribution in [0.2, 0.25) is 0 Å². The number of aromatic amines is 1. The molecule has 0 amide bonds. The van der Waals surface area contributed by atoms with Gasteiger partial charge in [0.2, 0.25) is 16.0 Å². The number of nitrogens with zero attached hydrogens (tertiary/aromatic N) is 3. The zero-order chi connectivity index (χ0) is 29.0. The number of fused-ring (bicyclic) bond motifs is 1. The summed E-state index contributed by atoms with van der Waals surface area (Å²) < 4.78 is 70.6. The van der Waals surface area contributed by atoms with E-state index in [2.05, 4.69) is 9.97 Å². The second-order valence-corrected chi connectivity index (χ2v) is 13.6. The van der Waals surface area contributed by atoms with E-state index in [1.807, 2.05) is 31.2 Å². The second-order valence-electron chi connectivity index (χ2n) is 9.64. The highest BCUT2D eigenvalue weighted by Gasteiger charge is 2.28. The fraction of sp³-hybridized carbons (Fsp3) is 0.185. The Hall–Kier alpha value is -4.23. The van der Waals surface area contributed by atoms with Crippen molar-refractivity contribution in [3.8, 4) is 39.7 Å². The Labute approximate surface area is 230 Å². The average molecular weight is 584 g/mol. The molecule has 0 aliphatic carbocycles. The van der Waals surface area contributed by atoms with Crippen molar-refractivity contribution < 1.29 is 25.4 Å². The molecule has 40 heavy (non-hydrogen) atoms. The van der Waals surface area contributed by atoms with E-state index in [1.54, 1.807) is 12.1 Å². The maximum absolute atomic E-state index is 13.6. The first kappa shape index (κ1) is 27.3. The number of hydrogen-bond donors (Lipinski definition) is 2. The SMILES string of the molecule is Cc1ccc(-c2[nH]c(-c3ccc(F)cc3)nc2-c2cc(OS(C)(=O)=O)c3nc(N)n(S(=O)(=O)C(C)C)c3c2)cc1. The van der Waals surface area contributed by atoms with Crippen LogP contribution in [0.25, 0.3) is 44.9 Å². The van der Waals surface area contributed by atoms with Gasteiger partial charge in [-0.1, -0.05) is 29.8 Å². The predicted molar refractivity (Wildman–Crippen MR) is 152 cm³/mol. The van der Waals surface area contributed by atoms with E-state index in [1.165, 1.54) is 38.1 Å². The van der Waals surface area contributed by atoms with Crippen molar-refractivity contribution in [2.24, 2.45) is 0 Å². The molecule has 5 rings (SSSR count). The number of hydrogen-bond acceptors (Lipinski definition) is 8. The van der Waals surface area contributed by atoms with Crippen molar-refractivity contribution in [1.29, 1.82) is 0 Å². The summed E-state index contributed by atoms with van der Waals surface area (Å²) in [5.74, 6) is -0.536.